The van der Waals surface area contributed by atoms with Crippen LogP contribution in [0.4, 0.5) is 5.69 Å². The first-order chi connectivity index (χ1) is 8.96. The molecule has 0 radical (unpaired) electrons. The van der Waals surface area contributed by atoms with E-state index in [2.05, 4.69) is 13.8 Å². The minimum absolute atomic E-state index is 0.0429. The van der Waals surface area contributed by atoms with Gasteiger partial charge in [0, 0.05) is 13.1 Å². The first-order valence-electron chi connectivity index (χ1n) is 6.52. The second-order valence-corrected chi connectivity index (χ2v) is 5.10. The topological polar surface area (TPSA) is 41.9 Å². The molecule has 0 saturated carbocycles. The van der Waals surface area contributed by atoms with Crippen LogP contribution in [-0.4, -0.2) is 39.0 Å². The fourth-order valence-electron chi connectivity index (χ4n) is 2.27. The predicted molar refractivity (Wildman–Crippen MR) is 78.4 cm³/mol. The van der Waals surface area contributed by atoms with E-state index in [0.29, 0.717) is 5.92 Å². The molecule has 1 rings (SSSR count). The maximum absolute atomic E-state index is 9.56. The van der Waals surface area contributed by atoms with Crippen LogP contribution >= 0.6 is 0 Å². The number of likely N-dealkylation sites (N-methyl/N-ethyl adjacent to an activating group) is 1. The highest BCUT2D eigenvalue weighted by Crippen LogP contribution is 2.36. The number of ether oxygens (including phenoxy) is 2. The minimum atomic E-state index is 0.0429. The number of aliphatic hydroxyl groups is 1. The van der Waals surface area contributed by atoms with Gasteiger partial charge in [0.05, 0.1) is 32.6 Å². The molecule has 0 aliphatic carbocycles. The summed E-state index contributed by atoms with van der Waals surface area (Å²) < 4.78 is 10.8. The molecular weight excluding hydrogens is 242 g/mol. The van der Waals surface area contributed by atoms with Gasteiger partial charge in [0.1, 0.15) is 11.5 Å². The lowest BCUT2D eigenvalue weighted by Crippen LogP contribution is -2.39. The zero-order valence-corrected chi connectivity index (χ0v) is 12.7. The van der Waals surface area contributed by atoms with Crippen molar-refractivity contribution >= 4 is 5.69 Å². The van der Waals surface area contributed by atoms with Gasteiger partial charge in [-0.15, -0.1) is 0 Å². The van der Waals surface area contributed by atoms with E-state index in [1.807, 2.05) is 31.0 Å². The maximum atomic E-state index is 9.56. The first kappa shape index (κ1) is 15.6. The predicted octanol–water partition coefficient (Wildman–Crippen LogP) is 2.47. The third-order valence-electron chi connectivity index (χ3n) is 3.53. The Bertz CT molecular complexity index is 418. The SMILES string of the molecule is COc1cc(N(C)C(CO)C(C)C)c(OC)cc1C. The number of hydrogen-bond acceptors (Lipinski definition) is 4. The van der Waals surface area contributed by atoms with Crippen molar-refractivity contribution in [2.24, 2.45) is 5.92 Å². The van der Waals surface area contributed by atoms with Crippen LogP contribution in [0.5, 0.6) is 11.5 Å². The van der Waals surface area contributed by atoms with E-state index in [4.69, 9.17) is 9.47 Å². The molecular formula is C15H25NO3. The Labute approximate surface area is 115 Å². The summed E-state index contributed by atoms with van der Waals surface area (Å²) in [4.78, 5) is 2.05. The van der Waals surface area contributed by atoms with Crippen LogP contribution in [0.15, 0.2) is 12.1 Å². The molecule has 0 aliphatic rings. The molecule has 0 heterocycles. The van der Waals surface area contributed by atoms with Gasteiger partial charge in [0.2, 0.25) is 0 Å². The zero-order chi connectivity index (χ0) is 14.6. The summed E-state index contributed by atoms with van der Waals surface area (Å²) in [5.74, 6) is 1.95. The monoisotopic (exact) mass is 267 g/mol. The Morgan fingerprint density at radius 3 is 2.16 bits per heavy atom. The largest absolute Gasteiger partial charge is 0.496 e. The Morgan fingerprint density at radius 1 is 1.16 bits per heavy atom. The lowest BCUT2D eigenvalue weighted by atomic mass is 10.0. The van der Waals surface area contributed by atoms with E-state index in [-0.39, 0.29) is 12.6 Å². The molecule has 1 N–H and O–H groups in total. The smallest absolute Gasteiger partial charge is 0.142 e. The second-order valence-electron chi connectivity index (χ2n) is 5.10. The number of anilines is 1. The van der Waals surface area contributed by atoms with Gasteiger partial charge in [0.25, 0.3) is 0 Å². The van der Waals surface area contributed by atoms with Gasteiger partial charge in [-0.2, -0.15) is 0 Å². The van der Waals surface area contributed by atoms with Gasteiger partial charge in [-0.05, 0) is 24.5 Å². The Balaban J connectivity index is 3.23. The standard InChI is InChI=1S/C15H25NO3/c1-10(2)13(9-17)16(4)12-8-14(18-5)11(3)7-15(12)19-6/h7-8,10,13,17H,9H2,1-6H3. The van der Waals surface area contributed by atoms with Gasteiger partial charge in [-0.1, -0.05) is 13.8 Å². The van der Waals surface area contributed by atoms with E-state index < -0.39 is 0 Å². The van der Waals surface area contributed by atoms with Crippen molar-refractivity contribution in [1.82, 2.24) is 0 Å². The van der Waals surface area contributed by atoms with Crippen LogP contribution in [0.3, 0.4) is 0 Å². The number of aliphatic hydroxyl groups excluding tert-OH is 1. The molecule has 19 heavy (non-hydrogen) atoms. The van der Waals surface area contributed by atoms with Crippen molar-refractivity contribution in [2.45, 2.75) is 26.8 Å². The summed E-state index contributed by atoms with van der Waals surface area (Å²) in [6.07, 6.45) is 0. The van der Waals surface area contributed by atoms with Crippen molar-refractivity contribution in [1.29, 1.82) is 0 Å². The summed E-state index contributed by atoms with van der Waals surface area (Å²) in [5, 5.41) is 9.56. The van der Waals surface area contributed by atoms with Gasteiger partial charge < -0.3 is 19.5 Å². The van der Waals surface area contributed by atoms with E-state index in [9.17, 15) is 5.11 Å². The van der Waals surface area contributed by atoms with Gasteiger partial charge >= 0.3 is 0 Å². The maximum Gasteiger partial charge on any atom is 0.142 e. The molecule has 1 unspecified atom stereocenters. The van der Waals surface area contributed by atoms with Crippen molar-refractivity contribution < 1.29 is 14.6 Å². The number of methoxy groups -OCH3 is 2. The van der Waals surface area contributed by atoms with Crippen LogP contribution in [0.2, 0.25) is 0 Å². The van der Waals surface area contributed by atoms with Crippen molar-refractivity contribution in [3.63, 3.8) is 0 Å². The number of nitrogens with zero attached hydrogens (tertiary/aromatic N) is 1. The van der Waals surface area contributed by atoms with Crippen LogP contribution < -0.4 is 14.4 Å². The highest BCUT2D eigenvalue weighted by atomic mass is 16.5. The number of hydrogen-bond donors (Lipinski definition) is 1. The minimum Gasteiger partial charge on any atom is -0.496 e. The lowest BCUT2D eigenvalue weighted by Gasteiger charge is -2.33. The highest BCUT2D eigenvalue weighted by molar-refractivity contribution is 5.64. The third-order valence-corrected chi connectivity index (χ3v) is 3.53. The Morgan fingerprint density at radius 2 is 1.74 bits per heavy atom. The molecule has 0 bridgehead atoms. The average Bonchev–Trinajstić information content (AvgIpc) is 2.38. The summed E-state index contributed by atoms with van der Waals surface area (Å²) in [6, 6.07) is 3.96. The number of benzene rings is 1. The number of aryl methyl sites for hydroxylation is 1. The van der Waals surface area contributed by atoms with Gasteiger partial charge in [-0.25, -0.2) is 0 Å². The van der Waals surface area contributed by atoms with Crippen molar-refractivity contribution in [3.8, 4) is 11.5 Å². The van der Waals surface area contributed by atoms with E-state index >= 15 is 0 Å². The fraction of sp³-hybridized carbons (Fsp3) is 0.600. The molecule has 4 heteroatoms. The molecule has 0 spiro atoms. The molecule has 4 nitrogen and oxygen atoms in total. The van der Waals surface area contributed by atoms with Gasteiger partial charge in [0.15, 0.2) is 0 Å². The van der Waals surface area contributed by atoms with Gasteiger partial charge in [-0.3, -0.25) is 0 Å². The number of rotatable bonds is 6. The van der Waals surface area contributed by atoms with Crippen LogP contribution in [0.25, 0.3) is 0 Å². The highest BCUT2D eigenvalue weighted by Gasteiger charge is 2.22. The van der Waals surface area contributed by atoms with E-state index in [1.165, 1.54) is 0 Å². The molecule has 1 aromatic rings. The summed E-state index contributed by atoms with van der Waals surface area (Å²) >= 11 is 0. The normalized spacial score (nSPS) is 12.4. The quantitative estimate of drug-likeness (QED) is 0.859. The fourth-order valence-corrected chi connectivity index (χ4v) is 2.27. The second kappa shape index (κ2) is 6.66. The van der Waals surface area contributed by atoms with Crippen molar-refractivity contribution in [3.05, 3.63) is 17.7 Å². The van der Waals surface area contributed by atoms with E-state index in [0.717, 1.165) is 22.7 Å². The summed E-state index contributed by atoms with van der Waals surface area (Å²) in [6.45, 7) is 6.27. The molecule has 1 aromatic carbocycles. The Hall–Kier alpha value is -1.42. The lowest BCUT2D eigenvalue weighted by molar-refractivity contribution is 0.233. The summed E-state index contributed by atoms with van der Waals surface area (Å²) in [5.41, 5.74) is 1.96. The van der Waals surface area contributed by atoms with Crippen LogP contribution in [0, 0.1) is 12.8 Å². The molecule has 0 aromatic heterocycles. The molecule has 108 valence electrons. The van der Waals surface area contributed by atoms with Crippen LogP contribution in [-0.2, 0) is 0 Å². The van der Waals surface area contributed by atoms with Crippen LogP contribution in [0.1, 0.15) is 19.4 Å². The average molecular weight is 267 g/mol. The van der Waals surface area contributed by atoms with Crippen molar-refractivity contribution in [2.75, 3.05) is 32.8 Å². The molecule has 1 atom stereocenters. The molecule has 0 fully saturated rings. The molecule has 0 aliphatic heterocycles. The third kappa shape index (κ3) is 3.32. The molecule has 0 saturated heterocycles. The Kier molecular flexibility index (Phi) is 5.48. The molecule has 0 amide bonds. The van der Waals surface area contributed by atoms with E-state index in [1.54, 1.807) is 14.2 Å². The zero-order valence-electron chi connectivity index (χ0n) is 12.7. The first-order valence-corrected chi connectivity index (χ1v) is 6.52. The summed E-state index contributed by atoms with van der Waals surface area (Å²) in [7, 11) is 5.28.